The zero-order valence-electron chi connectivity index (χ0n) is 50.9. The van der Waals surface area contributed by atoms with Crippen molar-refractivity contribution in [1.29, 1.82) is 0 Å². The Morgan fingerprint density at radius 1 is 0.675 bits per heavy atom. The Labute approximate surface area is 472 Å². The minimum Gasteiger partial charge on any atom is -0.458 e. The fourth-order valence-electron chi connectivity index (χ4n) is 9.11. The van der Waals surface area contributed by atoms with Gasteiger partial charge in [-0.15, -0.1) is 0 Å². The van der Waals surface area contributed by atoms with Crippen molar-refractivity contribution >= 4 is 70.3 Å². The third kappa shape index (κ3) is 19.3. The highest BCUT2D eigenvalue weighted by Crippen LogP contribution is 2.37. The van der Waals surface area contributed by atoms with Gasteiger partial charge in [-0.2, -0.15) is 0 Å². The summed E-state index contributed by atoms with van der Waals surface area (Å²) in [5.74, 6) is -5.95. The van der Waals surface area contributed by atoms with Gasteiger partial charge in [0.25, 0.3) is 11.8 Å². The SMILES string of the molecule is C/C(=C\C(C(C)C)N(C)C(=O)C(NC(=O)C(N(C)C(=O)OC(C)(C)C)C(C)(C)c1cn(C)c2ccccc12)C(C)(C)C)C(=O)NC(CCC(=O)NC(CCC(=O)NCCN1C(=O)C=CC1=O)C(=O)OC(C)(C)C)C(=O)OC(C)(C)C. The van der Waals surface area contributed by atoms with Crippen molar-refractivity contribution in [3.8, 4) is 0 Å². The maximum absolute atomic E-state index is 15.1. The molecule has 2 aromatic rings. The van der Waals surface area contributed by atoms with Crippen LogP contribution in [0.1, 0.15) is 149 Å². The van der Waals surface area contributed by atoms with Gasteiger partial charge in [-0.05, 0) is 105 Å². The summed E-state index contributed by atoms with van der Waals surface area (Å²) in [4.78, 5) is 139. The number of nitrogens with one attached hydrogen (secondary N) is 4. The highest BCUT2D eigenvalue weighted by atomic mass is 16.6. The third-order valence-electron chi connectivity index (χ3n) is 13.1. The maximum Gasteiger partial charge on any atom is 0.410 e. The Morgan fingerprint density at radius 3 is 1.68 bits per heavy atom. The van der Waals surface area contributed by atoms with E-state index in [2.05, 4.69) is 21.3 Å². The Balaban J connectivity index is 1.89. The topological polar surface area (TPSA) is 261 Å². The van der Waals surface area contributed by atoms with E-state index in [9.17, 15) is 43.2 Å². The standard InChI is InChI=1S/C59H90N8O13/c1-35(2)42(65(19)51(74)47(55(4,5)6)63-50(73)48(66(20)54(77)80-58(13,14)15)59(16,17)38-34-64(18)41-24-22-21-23-37(38)41)33-36(3)49(72)62-40(53(76)79-57(10,11)12)26-28-44(69)61-39(52(75)78-56(7,8)9)25-27-43(68)60-31-32-67-45(70)29-30-46(67)71/h21-24,29-30,33-35,39-40,42,47-48H,25-28,31-32H2,1-20H3,(H,60,68)(H,61,69)(H,62,72)(H,63,73)/b36-33+. The molecule has 0 fully saturated rings. The smallest absolute Gasteiger partial charge is 0.410 e. The quantitative estimate of drug-likeness (QED) is 0.0438. The van der Waals surface area contributed by atoms with Crippen molar-refractivity contribution in [3.63, 3.8) is 0 Å². The number of para-hydroxylation sites is 1. The average Bonchev–Trinajstić information content (AvgIpc) is 3.83. The normalized spacial score (nSPS) is 15.4. The third-order valence-corrected chi connectivity index (χ3v) is 13.1. The molecule has 1 aromatic heterocycles. The number of hydrogen-bond acceptors (Lipinski definition) is 13. The number of benzene rings is 1. The highest BCUT2D eigenvalue weighted by Gasteiger charge is 2.47. The van der Waals surface area contributed by atoms with Crippen LogP contribution in [-0.4, -0.2) is 153 Å². The van der Waals surface area contributed by atoms with Gasteiger partial charge in [0.05, 0.1) is 6.04 Å². The molecule has 5 unspecified atom stereocenters. The number of likely N-dealkylation sites (N-methyl/N-ethyl adjacent to an activating group) is 2. The summed E-state index contributed by atoms with van der Waals surface area (Å²) in [5, 5.41) is 11.8. The molecule has 444 valence electrons. The zero-order valence-corrected chi connectivity index (χ0v) is 50.9. The van der Waals surface area contributed by atoms with Crippen molar-refractivity contribution in [2.45, 2.75) is 196 Å². The van der Waals surface area contributed by atoms with E-state index in [0.29, 0.717) is 0 Å². The molecule has 1 aliphatic heterocycles. The molecule has 2 heterocycles. The van der Waals surface area contributed by atoms with Crippen LogP contribution < -0.4 is 21.3 Å². The molecule has 0 aliphatic carbocycles. The van der Waals surface area contributed by atoms with Gasteiger partial charge in [0.1, 0.15) is 41.0 Å². The molecule has 80 heavy (non-hydrogen) atoms. The van der Waals surface area contributed by atoms with Crippen LogP contribution in [0.25, 0.3) is 10.9 Å². The number of imide groups is 1. The first kappa shape index (κ1) is 67.2. The summed E-state index contributed by atoms with van der Waals surface area (Å²) in [6, 6.07) is 2.01. The van der Waals surface area contributed by atoms with Gasteiger partial charge in [-0.3, -0.25) is 43.4 Å². The first-order valence-electron chi connectivity index (χ1n) is 27.2. The van der Waals surface area contributed by atoms with Gasteiger partial charge in [0.2, 0.25) is 29.5 Å². The van der Waals surface area contributed by atoms with Gasteiger partial charge >= 0.3 is 18.0 Å². The Kier molecular flexibility index (Phi) is 22.6. The number of fused-ring (bicyclic) bond motifs is 1. The van der Waals surface area contributed by atoms with E-state index in [4.69, 9.17) is 14.2 Å². The molecule has 1 aliphatic rings. The first-order chi connectivity index (χ1) is 36.6. The number of hydrogen-bond donors (Lipinski definition) is 4. The van der Waals surface area contributed by atoms with E-state index in [1.54, 1.807) is 75.4 Å². The number of nitrogens with zero attached hydrogens (tertiary/aromatic N) is 4. The van der Waals surface area contributed by atoms with Crippen LogP contribution in [0.3, 0.4) is 0 Å². The van der Waals surface area contributed by atoms with Crippen LogP contribution in [0.2, 0.25) is 0 Å². The van der Waals surface area contributed by atoms with Crippen molar-refractivity contribution in [3.05, 3.63) is 59.8 Å². The Bertz CT molecular complexity index is 2670. The van der Waals surface area contributed by atoms with Crippen LogP contribution in [0.5, 0.6) is 0 Å². The molecular formula is C59H90N8O13. The summed E-state index contributed by atoms with van der Waals surface area (Å²) in [6.45, 7) is 29.4. The number of carbonyl (C=O) groups excluding carboxylic acids is 10. The lowest BCUT2D eigenvalue weighted by Crippen LogP contribution is -2.63. The van der Waals surface area contributed by atoms with E-state index in [1.165, 1.54) is 23.8 Å². The molecule has 4 N–H and O–H groups in total. The molecule has 0 spiro atoms. The van der Waals surface area contributed by atoms with E-state index in [1.807, 2.05) is 90.5 Å². The molecular weight excluding hydrogens is 1030 g/mol. The van der Waals surface area contributed by atoms with E-state index in [-0.39, 0.29) is 50.3 Å². The molecule has 0 saturated carbocycles. The van der Waals surface area contributed by atoms with Crippen LogP contribution in [0.4, 0.5) is 4.79 Å². The number of ether oxygens (including phenoxy) is 3. The van der Waals surface area contributed by atoms with Gasteiger partial charge in [0.15, 0.2) is 0 Å². The number of rotatable bonds is 23. The Morgan fingerprint density at radius 2 is 1.18 bits per heavy atom. The van der Waals surface area contributed by atoms with Crippen LogP contribution in [0, 0.1) is 11.3 Å². The van der Waals surface area contributed by atoms with Crippen molar-refractivity contribution in [2.24, 2.45) is 18.4 Å². The Hall–Kier alpha value is -7.06. The predicted octanol–water partition coefficient (Wildman–Crippen LogP) is 5.91. The maximum atomic E-state index is 15.1. The van der Waals surface area contributed by atoms with Gasteiger partial charge < -0.3 is 44.9 Å². The van der Waals surface area contributed by atoms with Crippen LogP contribution in [-0.2, 0) is 69.8 Å². The fraction of sp³-hybridized carbons (Fsp3) is 0.627. The molecule has 1 aromatic carbocycles. The number of aryl methyl sites for hydroxylation is 1. The summed E-state index contributed by atoms with van der Waals surface area (Å²) in [5.41, 5.74) is -2.92. The average molecular weight is 1120 g/mol. The fourth-order valence-corrected chi connectivity index (χ4v) is 9.11. The number of amides is 8. The van der Waals surface area contributed by atoms with Crippen molar-refractivity contribution < 1.29 is 62.2 Å². The lowest BCUT2D eigenvalue weighted by molar-refractivity contribution is -0.160. The molecule has 21 nitrogen and oxygen atoms in total. The molecule has 3 rings (SSSR count). The van der Waals surface area contributed by atoms with E-state index < -0.39 is 117 Å². The number of esters is 2. The summed E-state index contributed by atoms with van der Waals surface area (Å²) in [6.07, 6.45) is 3.97. The summed E-state index contributed by atoms with van der Waals surface area (Å²) >= 11 is 0. The summed E-state index contributed by atoms with van der Waals surface area (Å²) < 4.78 is 18.9. The molecule has 0 radical (unpaired) electrons. The van der Waals surface area contributed by atoms with E-state index in [0.717, 1.165) is 33.5 Å². The lowest BCUT2D eigenvalue weighted by Gasteiger charge is -2.42. The monoisotopic (exact) mass is 1120 g/mol. The van der Waals surface area contributed by atoms with E-state index >= 15 is 4.79 Å². The minimum absolute atomic E-state index is 0.0382. The second-order valence-electron chi connectivity index (χ2n) is 25.5. The molecule has 0 saturated heterocycles. The first-order valence-corrected chi connectivity index (χ1v) is 27.2. The minimum atomic E-state index is -1.37. The van der Waals surface area contributed by atoms with Crippen LogP contribution in [0.15, 0.2) is 54.3 Å². The number of carbonyl (C=O) groups is 10. The largest absolute Gasteiger partial charge is 0.458 e. The van der Waals surface area contributed by atoms with Gasteiger partial charge in [-0.25, -0.2) is 14.4 Å². The summed E-state index contributed by atoms with van der Waals surface area (Å²) in [7, 11) is 4.98. The zero-order chi connectivity index (χ0) is 61.2. The van der Waals surface area contributed by atoms with Gasteiger partial charge in [0, 0.05) is 87.3 Å². The predicted molar refractivity (Wildman–Crippen MR) is 303 cm³/mol. The second-order valence-corrected chi connectivity index (χ2v) is 25.5. The van der Waals surface area contributed by atoms with Crippen molar-refractivity contribution in [2.75, 3.05) is 27.2 Å². The van der Waals surface area contributed by atoms with Crippen molar-refractivity contribution in [1.82, 2.24) is 40.5 Å². The number of aromatic nitrogens is 1. The van der Waals surface area contributed by atoms with Gasteiger partial charge in [-0.1, -0.05) is 72.7 Å². The molecule has 21 heteroatoms. The second kappa shape index (κ2) is 26.9. The van der Waals surface area contributed by atoms with Crippen LogP contribution >= 0.6 is 0 Å². The molecule has 8 amide bonds. The highest BCUT2D eigenvalue weighted by molar-refractivity contribution is 6.13. The lowest BCUT2D eigenvalue weighted by atomic mass is 9.76. The molecule has 5 atom stereocenters. The molecule has 0 bridgehead atoms.